The summed E-state index contributed by atoms with van der Waals surface area (Å²) in [5.41, 5.74) is 1.78. The average Bonchev–Trinajstić information content (AvgIpc) is 3.75. The quantitative estimate of drug-likeness (QED) is 0.187. The van der Waals surface area contributed by atoms with Crippen molar-refractivity contribution in [3.63, 3.8) is 0 Å². The van der Waals surface area contributed by atoms with Crippen LogP contribution < -0.4 is 19.1 Å². The maximum Gasteiger partial charge on any atom is 0.387 e. The number of likely N-dealkylation sites (N-methyl/N-ethyl adjacent to an activating group) is 1. The smallest absolute Gasteiger partial charge is 0.387 e. The first kappa shape index (κ1) is 34.8. The van der Waals surface area contributed by atoms with Gasteiger partial charge in [0.05, 0.1) is 40.4 Å². The number of carbonyl (C=O) groups is 1. The average molecular weight is 745 g/mol. The number of rotatable bonds is 13. The van der Waals surface area contributed by atoms with E-state index in [0.29, 0.717) is 64.0 Å². The maximum absolute atomic E-state index is 13.8. The molecule has 0 spiro atoms. The first-order valence-corrected chi connectivity index (χ1v) is 18.5. The minimum Gasteiger partial charge on any atom is -0.490 e. The van der Waals surface area contributed by atoms with E-state index in [4.69, 9.17) is 42.1 Å². The Morgan fingerprint density at radius 1 is 1.10 bits per heavy atom. The second-order valence-electron chi connectivity index (χ2n) is 11.7. The molecule has 0 bridgehead atoms. The molecule has 0 radical (unpaired) electrons. The topological polar surface area (TPSA) is 108 Å². The van der Waals surface area contributed by atoms with E-state index in [9.17, 15) is 22.0 Å². The molecule has 3 heterocycles. The Hall–Kier alpha value is -3.04. The number of sulfonamides is 1. The number of ether oxygens (including phenoxy) is 4. The number of fused-ring (bicyclic) bond motifs is 1. The summed E-state index contributed by atoms with van der Waals surface area (Å²) in [6, 6.07) is 9.20. The van der Waals surface area contributed by atoms with Crippen LogP contribution in [0.15, 0.2) is 53.7 Å². The number of halogens is 4. The Bertz CT molecular complexity index is 1750. The molecule has 0 unspecified atom stereocenters. The molecule has 48 heavy (non-hydrogen) atoms. The number of hydrogen-bond acceptors (Lipinski definition) is 10. The van der Waals surface area contributed by atoms with Gasteiger partial charge in [-0.3, -0.25) is 4.98 Å². The summed E-state index contributed by atoms with van der Waals surface area (Å²) in [4.78, 5) is 19.6. The molecule has 1 aliphatic carbocycles. The number of alkyl halides is 2. The van der Waals surface area contributed by atoms with Crippen LogP contribution in [-0.2, 0) is 26.0 Å². The van der Waals surface area contributed by atoms with Crippen molar-refractivity contribution in [1.82, 2.24) is 9.29 Å². The van der Waals surface area contributed by atoms with E-state index >= 15 is 0 Å². The second-order valence-corrected chi connectivity index (χ2v) is 15.6. The van der Waals surface area contributed by atoms with Crippen molar-refractivity contribution in [3.8, 4) is 17.2 Å². The Morgan fingerprint density at radius 3 is 2.60 bits per heavy atom. The summed E-state index contributed by atoms with van der Waals surface area (Å²) in [6.45, 7) is -1.68. The Morgan fingerprint density at radius 2 is 1.88 bits per heavy atom. The first-order chi connectivity index (χ1) is 23.0. The molecule has 3 aromatic rings. The summed E-state index contributed by atoms with van der Waals surface area (Å²) in [7, 11) is -2.22. The van der Waals surface area contributed by atoms with Gasteiger partial charge in [0.25, 0.3) is 0 Å². The van der Waals surface area contributed by atoms with Crippen LogP contribution in [0.25, 0.3) is 0 Å². The van der Waals surface area contributed by atoms with Crippen LogP contribution in [0, 0.1) is 5.92 Å². The number of thioether (sulfide) groups is 1. The van der Waals surface area contributed by atoms with Crippen LogP contribution in [0.5, 0.6) is 17.2 Å². The molecule has 0 amide bonds. The minimum atomic E-state index is -4.07. The molecular formula is C32H33Cl2F2N3O7S2. The van der Waals surface area contributed by atoms with Gasteiger partial charge >= 0.3 is 12.6 Å². The van der Waals surface area contributed by atoms with E-state index in [0.717, 1.165) is 17.1 Å². The number of benzene rings is 2. The summed E-state index contributed by atoms with van der Waals surface area (Å²) < 4.78 is 77.2. The molecule has 10 nitrogen and oxygen atoms in total. The molecule has 1 aromatic heterocycles. The molecule has 6 rings (SSSR count). The highest BCUT2D eigenvalue weighted by molar-refractivity contribution is 8.02. The Kier molecular flexibility index (Phi) is 10.8. The van der Waals surface area contributed by atoms with Crippen molar-refractivity contribution in [2.45, 2.75) is 42.1 Å². The Labute approximate surface area is 291 Å². The summed E-state index contributed by atoms with van der Waals surface area (Å²) in [6.07, 6.45) is 5.06. The van der Waals surface area contributed by atoms with Gasteiger partial charge in [-0.05, 0) is 66.6 Å². The fourth-order valence-electron chi connectivity index (χ4n) is 5.50. The van der Waals surface area contributed by atoms with Crippen LogP contribution in [0.3, 0.4) is 0 Å². The largest absolute Gasteiger partial charge is 0.490 e. The van der Waals surface area contributed by atoms with Crippen molar-refractivity contribution < 1.29 is 40.9 Å². The number of hydrogen-bond donors (Lipinski definition) is 0. The van der Waals surface area contributed by atoms with Crippen molar-refractivity contribution in [1.29, 1.82) is 0 Å². The van der Waals surface area contributed by atoms with Gasteiger partial charge in [-0.15, -0.1) is 11.8 Å². The Balaban J connectivity index is 1.24. The normalized spacial score (nSPS) is 18.7. The molecule has 1 saturated carbocycles. The number of carbonyl (C=O) groups excluding carboxylic acids is 1. The third-order valence-corrected chi connectivity index (χ3v) is 12.2. The van der Waals surface area contributed by atoms with E-state index in [1.54, 1.807) is 24.3 Å². The van der Waals surface area contributed by atoms with Crippen LogP contribution >= 0.6 is 35.0 Å². The first-order valence-electron chi connectivity index (χ1n) is 15.3. The van der Waals surface area contributed by atoms with Crippen LogP contribution in [0.1, 0.15) is 29.9 Å². The highest BCUT2D eigenvalue weighted by Gasteiger charge is 2.42. The SMILES string of the molecule is CN1CCOc2ccc(S(=O)(=O)N3CCS[C@H]3C(=O)OC[C@@H](Cc3c(Cl)cncc3Cl)c3ccc(OC(F)F)c(OCC4CC4)c3)cc21. The fourth-order valence-corrected chi connectivity index (χ4v) is 9.10. The van der Waals surface area contributed by atoms with E-state index in [1.807, 2.05) is 11.9 Å². The predicted octanol–water partition coefficient (Wildman–Crippen LogP) is 6.24. The highest BCUT2D eigenvalue weighted by Crippen LogP contribution is 2.39. The van der Waals surface area contributed by atoms with E-state index in [2.05, 4.69) is 4.98 Å². The van der Waals surface area contributed by atoms with Gasteiger partial charge in [-0.2, -0.15) is 13.1 Å². The van der Waals surface area contributed by atoms with Gasteiger partial charge in [0.2, 0.25) is 10.0 Å². The number of aromatic nitrogens is 1. The molecule has 3 aliphatic rings. The van der Waals surface area contributed by atoms with Gasteiger partial charge < -0.3 is 23.8 Å². The molecular weight excluding hydrogens is 711 g/mol. The van der Waals surface area contributed by atoms with E-state index in [-0.39, 0.29) is 36.0 Å². The lowest BCUT2D eigenvalue weighted by Gasteiger charge is -2.29. The van der Waals surface area contributed by atoms with Gasteiger partial charge in [0.1, 0.15) is 12.4 Å². The van der Waals surface area contributed by atoms with Crippen LogP contribution in [-0.4, -0.2) is 81.4 Å². The molecule has 16 heteroatoms. The molecule has 0 N–H and O–H groups in total. The summed E-state index contributed by atoms with van der Waals surface area (Å²) in [5, 5.41) is -0.522. The molecule has 2 atom stereocenters. The van der Waals surface area contributed by atoms with Crippen LogP contribution in [0.4, 0.5) is 14.5 Å². The zero-order valence-corrected chi connectivity index (χ0v) is 29.0. The number of esters is 1. The number of pyridine rings is 1. The van der Waals surface area contributed by atoms with E-state index in [1.165, 1.54) is 36.3 Å². The van der Waals surface area contributed by atoms with Gasteiger partial charge in [0.15, 0.2) is 16.9 Å². The lowest BCUT2D eigenvalue weighted by Crippen LogP contribution is -2.40. The lowest BCUT2D eigenvalue weighted by atomic mass is 9.92. The second kappa shape index (κ2) is 14.8. The predicted molar refractivity (Wildman–Crippen MR) is 178 cm³/mol. The van der Waals surface area contributed by atoms with Crippen molar-refractivity contribution >= 4 is 56.6 Å². The third-order valence-electron chi connectivity index (χ3n) is 8.34. The van der Waals surface area contributed by atoms with Crippen LogP contribution in [0.2, 0.25) is 10.0 Å². The molecule has 2 aromatic carbocycles. The molecule has 258 valence electrons. The standard InChI is InChI=1S/C32H33Cl2F2N3O7S2/c1-38-8-10-43-27-7-5-22(14-26(27)38)48(41,42)39-9-11-47-30(39)31(40)45-18-21(12-23-24(33)15-37-16-25(23)34)20-4-6-28(46-32(35)36)29(13-20)44-17-19-2-3-19/h4-7,13-16,19,21,30,32H,2-3,8-12,17-18H2,1H3/t21-,30+/m1/s1. The van der Waals surface area contributed by atoms with Gasteiger partial charge in [-0.25, -0.2) is 13.2 Å². The number of anilines is 1. The summed E-state index contributed by atoms with van der Waals surface area (Å²) in [5.74, 6) is 0.0251. The van der Waals surface area contributed by atoms with Gasteiger partial charge in [-0.1, -0.05) is 29.3 Å². The molecule has 2 fully saturated rings. The monoisotopic (exact) mass is 743 g/mol. The van der Waals surface area contributed by atoms with Crippen molar-refractivity contribution in [2.75, 3.05) is 50.6 Å². The van der Waals surface area contributed by atoms with Crippen molar-refractivity contribution in [2.24, 2.45) is 5.92 Å². The molecule has 2 aliphatic heterocycles. The maximum atomic E-state index is 13.8. The fraction of sp³-hybridized carbons (Fsp3) is 0.438. The lowest BCUT2D eigenvalue weighted by molar-refractivity contribution is -0.145. The highest BCUT2D eigenvalue weighted by atomic mass is 35.5. The zero-order valence-electron chi connectivity index (χ0n) is 25.8. The van der Waals surface area contributed by atoms with Gasteiger partial charge in [0, 0.05) is 37.7 Å². The third kappa shape index (κ3) is 7.88. The minimum absolute atomic E-state index is 0.0450. The van der Waals surface area contributed by atoms with Crippen molar-refractivity contribution in [3.05, 3.63) is 70.0 Å². The zero-order chi connectivity index (χ0) is 34.0. The summed E-state index contributed by atoms with van der Waals surface area (Å²) >= 11 is 14.1. The number of nitrogens with zero attached hydrogens (tertiary/aromatic N) is 3. The molecule has 1 saturated heterocycles. The van der Waals surface area contributed by atoms with E-state index < -0.39 is 33.9 Å².